The highest BCUT2D eigenvalue weighted by Crippen LogP contribution is 2.27. The summed E-state index contributed by atoms with van der Waals surface area (Å²) in [5.74, 6) is 0.129. The third-order valence-corrected chi connectivity index (χ3v) is 6.40. The molecule has 0 aliphatic rings. The number of sulfonamides is 1. The van der Waals surface area contributed by atoms with Gasteiger partial charge in [0.15, 0.2) is 0 Å². The van der Waals surface area contributed by atoms with Gasteiger partial charge < -0.3 is 10.1 Å². The number of hydrogen-bond donors (Lipinski definition) is 1. The molecule has 0 aromatic heterocycles. The highest BCUT2D eigenvalue weighted by atomic mass is 32.2. The summed E-state index contributed by atoms with van der Waals surface area (Å²) in [6, 6.07) is 20.3. The van der Waals surface area contributed by atoms with E-state index in [0.29, 0.717) is 17.1 Å². The number of hydrogen-bond acceptors (Lipinski definition) is 4. The number of nitrogens with one attached hydrogen (secondary N) is 1. The van der Waals surface area contributed by atoms with Gasteiger partial charge in [-0.05, 0) is 68.8 Å². The zero-order chi connectivity index (χ0) is 22.6. The molecule has 0 aliphatic carbocycles. The predicted octanol–water partition coefficient (Wildman–Crippen LogP) is 4.86. The molecule has 0 bridgehead atoms. The summed E-state index contributed by atoms with van der Waals surface area (Å²) in [4.78, 5) is 12.9. The van der Waals surface area contributed by atoms with Crippen molar-refractivity contribution in [3.8, 4) is 5.75 Å². The van der Waals surface area contributed by atoms with Crippen molar-refractivity contribution in [2.45, 2.75) is 31.8 Å². The molecule has 3 rings (SSSR count). The standard InChI is InChI=1S/C24H26N2O4S/c1-17(2)30-23-14-6-5-13-22(23)25-24(27)19-10-8-12-21(16-19)31(28,29)26(4)20-11-7-9-18(3)15-20/h5-17H,1-4H3,(H,25,27). The number of benzene rings is 3. The van der Waals surface area contributed by atoms with Gasteiger partial charge in [0.25, 0.3) is 15.9 Å². The molecule has 31 heavy (non-hydrogen) atoms. The zero-order valence-corrected chi connectivity index (χ0v) is 18.8. The Kier molecular flexibility index (Phi) is 6.65. The second kappa shape index (κ2) is 9.22. The molecular formula is C24H26N2O4S. The summed E-state index contributed by atoms with van der Waals surface area (Å²) < 4.78 is 33.2. The van der Waals surface area contributed by atoms with Gasteiger partial charge in [-0.3, -0.25) is 9.10 Å². The second-order valence-electron chi connectivity index (χ2n) is 7.46. The van der Waals surface area contributed by atoms with Crippen LogP contribution in [0.4, 0.5) is 11.4 Å². The van der Waals surface area contributed by atoms with Gasteiger partial charge in [0.05, 0.1) is 22.4 Å². The van der Waals surface area contributed by atoms with Crippen LogP contribution >= 0.6 is 0 Å². The molecule has 0 radical (unpaired) electrons. The Morgan fingerprint density at radius 3 is 2.39 bits per heavy atom. The summed E-state index contributed by atoms with van der Waals surface area (Å²) in [5.41, 5.74) is 2.26. The largest absolute Gasteiger partial charge is 0.489 e. The third kappa shape index (κ3) is 5.24. The van der Waals surface area contributed by atoms with E-state index < -0.39 is 15.9 Å². The van der Waals surface area contributed by atoms with Gasteiger partial charge in [-0.2, -0.15) is 0 Å². The van der Waals surface area contributed by atoms with E-state index in [2.05, 4.69) is 5.32 Å². The lowest BCUT2D eigenvalue weighted by molar-refractivity contribution is 0.102. The molecule has 0 unspecified atom stereocenters. The van der Waals surface area contributed by atoms with Crippen LogP contribution < -0.4 is 14.4 Å². The maximum Gasteiger partial charge on any atom is 0.264 e. The topological polar surface area (TPSA) is 75.7 Å². The Morgan fingerprint density at radius 1 is 0.968 bits per heavy atom. The van der Waals surface area contributed by atoms with Crippen molar-refractivity contribution in [2.24, 2.45) is 0 Å². The predicted molar refractivity (Wildman–Crippen MR) is 123 cm³/mol. The first kappa shape index (κ1) is 22.4. The minimum Gasteiger partial charge on any atom is -0.489 e. The maximum absolute atomic E-state index is 13.1. The lowest BCUT2D eigenvalue weighted by Gasteiger charge is -2.20. The van der Waals surface area contributed by atoms with E-state index in [0.717, 1.165) is 5.56 Å². The van der Waals surface area contributed by atoms with E-state index in [9.17, 15) is 13.2 Å². The Morgan fingerprint density at radius 2 is 1.68 bits per heavy atom. The van der Waals surface area contributed by atoms with Crippen LogP contribution in [0.15, 0.2) is 77.7 Å². The van der Waals surface area contributed by atoms with Crippen molar-refractivity contribution in [3.63, 3.8) is 0 Å². The van der Waals surface area contributed by atoms with Crippen LogP contribution in [0, 0.1) is 6.92 Å². The first-order valence-corrected chi connectivity index (χ1v) is 11.3. The van der Waals surface area contributed by atoms with Crippen molar-refractivity contribution in [3.05, 3.63) is 83.9 Å². The van der Waals surface area contributed by atoms with E-state index >= 15 is 0 Å². The van der Waals surface area contributed by atoms with E-state index in [4.69, 9.17) is 4.74 Å². The molecule has 0 saturated heterocycles. The van der Waals surface area contributed by atoms with Crippen LogP contribution in [-0.4, -0.2) is 27.5 Å². The van der Waals surface area contributed by atoms with E-state index in [1.54, 1.807) is 48.5 Å². The molecule has 0 aliphatic heterocycles. The average Bonchev–Trinajstić information content (AvgIpc) is 2.74. The summed E-state index contributed by atoms with van der Waals surface area (Å²) in [5, 5.41) is 2.81. The quantitative estimate of drug-likeness (QED) is 0.572. The Balaban J connectivity index is 1.87. The summed E-state index contributed by atoms with van der Waals surface area (Å²) >= 11 is 0. The monoisotopic (exact) mass is 438 g/mol. The number of carbonyl (C=O) groups is 1. The van der Waals surface area contributed by atoms with E-state index in [1.165, 1.54) is 23.5 Å². The smallest absolute Gasteiger partial charge is 0.264 e. The fourth-order valence-electron chi connectivity index (χ4n) is 3.04. The summed E-state index contributed by atoms with van der Waals surface area (Å²) in [7, 11) is -2.34. The number of rotatable bonds is 7. The molecule has 6 nitrogen and oxygen atoms in total. The van der Waals surface area contributed by atoms with Crippen LogP contribution in [0.3, 0.4) is 0 Å². The first-order valence-electron chi connectivity index (χ1n) is 9.91. The van der Waals surface area contributed by atoms with Gasteiger partial charge in [-0.25, -0.2) is 8.42 Å². The minimum atomic E-state index is -3.83. The van der Waals surface area contributed by atoms with Crippen molar-refractivity contribution >= 4 is 27.3 Å². The number of para-hydroxylation sites is 2. The Labute approximate surface area is 183 Å². The number of amides is 1. The van der Waals surface area contributed by atoms with Crippen molar-refractivity contribution in [1.29, 1.82) is 0 Å². The van der Waals surface area contributed by atoms with Gasteiger partial charge in [0.2, 0.25) is 0 Å². The Hall–Kier alpha value is -3.32. The SMILES string of the molecule is Cc1cccc(N(C)S(=O)(=O)c2cccc(C(=O)Nc3ccccc3OC(C)C)c2)c1. The van der Waals surface area contributed by atoms with Crippen LogP contribution in [0.1, 0.15) is 29.8 Å². The molecular weight excluding hydrogens is 412 g/mol. The molecule has 3 aromatic carbocycles. The molecule has 0 saturated carbocycles. The summed E-state index contributed by atoms with van der Waals surface area (Å²) in [6.45, 7) is 5.70. The summed E-state index contributed by atoms with van der Waals surface area (Å²) in [6.07, 6.45) is -0.0521. The van der Waals surface area contributed by atoms with Gasteiger partial charge >= 0.3 is 0 Å². The average molecular weight is 439 g/mol. The maximum atomic E-state index is 13.1. The lowest BCUT2D eigenvalue weighted by atomic mass is 10.2. The fraction of sp³-hybridized carbons (Fsp3) is 0.208. The molecule has 0 spiro atoms. The first-order chi connectivity index (χ1) is 14.7. The molecule has 1 N–H and O–H groups in total. The molecule has 0 atom stereocenters. The molecule has 1 amide bonds. The van der Waals surface area contributed by atoms with Gasteiger partial charge in [-0.1, -0.05) is 30.3 Å². The van der Waals surface area contributed by atoms with Gasteiger partial charge in [0.1, 0.15) is 5.75 Å². The third-order valence-electron chi connectivity index (χ3n) is 4.62. The van der Waals surface area contributed by atoms with Gasteiger partial charge in [-0.15, -0.1) is 0 Å². The number of nitrogens with zero attached hydrogens (tertiary/aromatic N) is 1. The van der Waals surface area contributed by atoms with Crippen LogP contribution in [0.2, 0.25) is 0 Å². The second-order valence-corrected chi connectivity index (χ2v) is 9.43. The zero-order valence-electron chi connectivity index (χ0n) is 18.0. The van der Waals surface area contributed by atoms with Crippen LogP contribution in [-0.2, 0) is 10.0 Å². The van der Waals surface area contributed by atoms with Crippen molar-refractivity contribution in [2.75, 3.05) is 16.7 Å². The normalized spacial score (nSPS) is 11.3. The van der Waals surface area contributed by atoms with Crippen LogP contribution in [0.5, 0.6) is 5.75 Å². The molecule has 7 heteroatoms. The number of ether oxygens (including phenoxy) is 1. The molecule has 3 aromatic rings. The van der Waals surface area contributed by atoms with Gasteiger partial charge in [0, 0.05) is 12.6 Å². The van der Waals surface area contributed by atoms with Crippen molar-refractivity contribution in [1.82, 2.24) is 0 Å². The number of aryl methyl sites for hydroxylation is 1. The Bertz CT molecular complexity index is 1190. The molecule has 0 fully saturated rings. The number of carbonyl (C=O) groups excluding carboxylic acids is 1. The number of anilines is 2. The highest BCUT2D eigenvalue weighted by Gasteiger charge is 2.23. The molecule has 162 valence electrons. The minimum absolute atomic E-state index is 0.0378. The highest BCUT2D eigenvalue weighted by molar-refractivity contribution is 7.92. The molecule has 0 heterocycles. The van der Waals surface area contributed by atoms with E-state index in [-0.39, 0.29) is 16.6 Å². The fourth-order valence-corrected chi connectivity index (χ4v) is 4.27. The lowest BCUT2D eigenvalue weighted by Crippen LogP contribution is -2.27. The van der Waals surface area contributed by atoms with Crippen molar-refractivity contribution < 1.29 is 17.9 Å². The van der Waals surface area contributed by atoms with E-state index in [1.807, 2.05) is 32.9 Å². The van der Waals surface area contributed by atoms with Crippen LogP contribution in [0.25, 0.3) is 0 Å².